The average Bonchev–Trinajstić information content (AvgIpc) is 2.70. The molecule has 0 unspecified atom stereocenters. The van der Waals surface area contributed by atoms with Crippen LogP contribution in [-0.2, 0) is 16.6 Å². The van der Waals surface area contributed by atoms with Gasteiger partial charge < -0.3 is 5.32 Å². The molecule has 156 valence electrons. The van der Waals surface area contributed by atoms with E-state index in [1.807, 2.05) is 19.1 Å². The number of hydrogen-bond acceptors (Lipinski definition) is 3. The third-order valence-electron chi connectivity index (χ3n) is 4.26. The van der Waals surface area contributed by atoms with Crippen molar-refractivity contribution in [2.45, 2.75) is 18.4 Å². The van der Waals surface area contributed by atoms with Crippen LogP contribution in [0, 0.1) is 12.7 Å². The summed E-state index contributed by atoms with van der Waals surface area (Å²) in [4.78, 5) is 12.3. The van der Waals surface area contributed by atoms with Gasteiger partial charge in [0.05, 0.1) is 21.2 Å². The number of sulfonamides is 1. The van der Waals surface area contributed by atoms with E-state index < -0.39 is 27.3 Å². The summed E-state index contributed by atoms with van der Waals surface area (Å²) in [6.07, 6.45) is 0. The lowest BCUT2D eigenvalue weighted by molar-refractivity contribution is 0.102. The Labute approximate surface area is 183 Å². The van der Waals surface area contributed by atoms with Crippen LogP contribution in [0.25, 0.3) is 0 Å². The number of aryl methyl sites for hydroxylation is 1. The van der Waals surface area contributed by atoms with Crippen molar-refractivity contribution in [2.24, 2.45) is 0 Å². The Bertz CT molecular complexity index is 1200. The van der Waals surface area contributed by atoms with Crippen LogP contribution in [-0.4, -0.2) is 14.3 Å². The van der Waals surface area contributed by atoms with E-state index in [9.17, 15) is 17.6 Å². The molecule has 5 nitrogen and oxygen atoms in total. The van der Waals surface area contributed by atoms with Gasteiger partial charge in [-0.15, -0.1) is 0 Å². The van der Waals surface area contributed by atoms with E-state index in [1.165, 1.54) is 18.2 Å². The standard InChI is InChI=1S/C21H17Cl2FN2O3S/c1-13-2-4-14(5-3-13)12-25-30(28,29)16-7-9-19(24)17(11-16)21(27)26-20-10-15(22)6-8-18(20)23/h2-11,25H,12H2,1H3,(H,26,27). The zero-order chi connectivity index (χ0) is 21.9. The van der Waals surface area contributed by atoms with Crippen molar-refractivity contribution >= 4 is 44.8 Å². The first-order chi connectivity index (χ1) is 14.2. The molecule has 0 spiro atoms. The minimum absolute atomic E-state index is 0.0552. The predicted octanol–water partition coefficient (Wildman–Crippen LogP) is 5.17. The molecule has 0 aromatic heterocycles. The second kappa shape index (κ2) is 9.14. The molecule has 0 saturated carbocycles. The van der Waals surface area contributed by atoms with E-state index in [-0.39, 0.29) is 22.2 Å². The summed E-state index contributed by atoms with van der Waals surface area (Å²) in [5, 5.41) is 2.97. The number of amides is 1. The van der Waals surface area contributed by atoms with Gasteiger partial charge in [-0.05, 0) is 48.9 Å². The number of rotatable bonds is 6. The van der Waals surface area contributed by atoms with Crippen molar-refractivity contribution in [1.82, 2.24) is 4.72 Å². The van der Waals surface area contributed by atoms with Crippen LogP contribution in [0.5, 0.6) is 0 Å². The molecule has 0 atom stereocenters. The van der Waals surface area contributed by atoms with Crippen molar-refractivity contribution in [1.29, 1.82) is 0 Å². The van der Waals surface area contributed by atoms with E-state index in [0.29, 0.717) is 5.02 Å². The third kappa shape index (κ3) is 5.37. The highest BCUT2D eigenvalue weighted by Gasteiger charge is 2.20. The number of anilines is 1. The fourth-order valence-corrected chi connectivity index (χ4v) is 3.98. The van der Waals surface area contributed by atoms with Crippen LogP contribution in [0.3, 0.4) is 0 Å². The van der Waals surface area contributed by atoms with Crippen molar-refractivity contribution in [3.8, 4) is 0 Å². The monoisotopic (exact) mass is 466 g/mol. The number of carbonyl (C=O) groups excluding carboxylic acids is 1. The summed E-state index contributed by atoms with van der Waals surface area (Å²) >= 11 is 11.9. The molecule has 0 heterocycles. The second-order valence-electron chi connectivity index (χ2n) is 6.53. The molecule has 0 aliphatic heterocycles. The molecule has 9 heteroatoms. The molecule has 0 aliphatic rings. The van der Waals surface area contributed by atoms with Gasteiger partial charge in [-0.1, -0.05) is 53.0 Å². The molecule has 0 aliphatic carbocycles. The van der Waals surface area contributed by atoms with Crippen molar-refractivity contribution in [2.75, 3.05) is 5.32 Å². The van der Waals surface area contributed by atoms with E-state index in [0.717, 1.165) is 29.3 Å². The normalized spacial score (nSPS) is 11.3. The zero-order valence-corrected chi connectivity index (χ0v) is 18.1. The van der Waals surface area contributed by atoms with E-state index in [4.69, 9.17) is 23.2 Å². The maximum absolute atomic E-state index is 14.2. The highest BCUT2D eigenvalue weighted by atomic mass is 35.5. The first-order valence-electron chi connectivity index (χ1n) is 8.77. The van der Waals surface area contributed by atoms with Gasteiger partial charge in [0.25, 0.3) is 5.91 Å². The fraction of sp³-hybridized carbons (Fsp3) is 0.0952. The van der Waals surface area contributed by atoms with Gasteiger partial charge in [-0.3, -0.25) is 4.79 Å². The molecule has 3 aromatic carbocycles. The van der Waals surface area contributed by atoms with Gasteiger partial charge in [-0.25, -0.2) is 17.5 Å². The zero-order valence-electron chi connectivity index (χ0n) is 15.7. The van der Waals surface area contributed by atoms with E-state index >= 15 is 0 Å². The van der Waals surface area contributed by atoms with Gasteiger partial charge in [-0.2, -0.15) is 0 Å². The number of carbonyl (C=O) groups is 1. The lowest BCUT2D eigenvalue weighted by Crippen LogP contribution is -2.24. The lowest BCUT2D eigenvalue weighted by atomic mass is 10.2. The minimum Gasteiger partial charge on any atom is -0.320 e. The highest BCUT2D eigenvalue weighted by molar-refractivity contribution is 7.89. The van der Waals surface area contributed by atoms with Crippen LogP contribution >= 0.6 is 23.2 Å². The summed E-state index contributed by atoms with van der Waals surface area (Å²) in [6, 6.07) is 14.7. The SMILES string of the molecule is Cc1ccc(CNS(=O)(=O)c2ccc(F)c(C(=O)Nc3cc(Cl)ccc3Cl)c2)cc1. The summed E-state index contributed by atoms with van der Waals surface area (Å²) < 4.78 is 41.9. The van der Waals surface area contributed by atoms with Gasteiger partial charge in [0.1, 0.15) is 5.82 Å². The quantitative estimate of drug-likeness (QED) is 0.525. The molecule has 3 aromatic rings. The van der Waals surface area contributed by atoms with Gasteiger partial charge >= 0.3 is 0 Å². The Balaban J connectivity index is 1.81. The van der Waals surface area contributed by atoms with Gasteiger partial charge in [0.15, 0.2) is 0 Å². The average molecular weight is 467 g/mol. The van der Waals surface area contributed by atoms with Crippen LogP contribution in [0.15, 0.2) is 65.6 Å². The molecule has 30 heavy (non-hydrogen) atoms. The summed E-state index contributed by atoms with van der Waals surface area (Å²) in [7, 11) is -3.97. The summed E-state index contributed by atoms with van der Waals surface area (Å²) in [5.41, 5.74) is 1.55. The Morgan fingerprint density at radius 2 is 1.70 bits per heavy atom. The predicted molar refractivity (Wildman–Crippen MR) is 116 cm³/mol. The first kappa shape index (κ1) is 22.2. The molecule has 0 bridgehead atoms. The second-order valence-corrected chi connectivity index (χ2v) is 9.14. The lowest BCUT2D eigenvalue weighted by Gasteiger charge is -2.11. The Kier molecular flexibility index (Phi) is 6.77. The smallest absolute Gasteiger partial charge is 0.258 e. The number of nitrogens with one attached hydrogen (secondary N) is 2. The van der Waals surface area contributed by atoms with E-state index in [2.05, 4.69) is 10.0 Å². The molecule has 0 fully saturated rings. The maximum atomic E-state index is 14.2. The molecule has 1 amide bonds. The fourth-order valence-electron chi connectivity index (χ4n) is 2.60. The first-order valence-corrected chi connectivity index (χ1v) is 11.0. The number of halogens is 3. The molecular formula is C21H17Cl2FN2O3S. The van der Waals surface area contributed by atoms with Crippen LogP contribution in [0.2, 0.25) is 10.0 Å². The number of hydrogen-bond donors (Lipinski definition) is 2. The van der Waals surface area contributed by atoms with Crippen molar-refractivity contribution in [3.63, 3.8) is 0 Å². The van der Waals surface area contributed by atoms with Crippen LogP contribution < -0.4 is 10.0 Å². The largest absolute Gasteiger partial charge is 0.320 e. The Hall–Kier alpha value is -2.45. The third-order valence-corrected chi connectivity index (χ3v) is 6.22. The Morgan fingerprint density at radius 3 is 2.40 bits per heavy atom. The highest BCUT2D eigenvalue weighted by Crippen LogP contribution is 2.26. The van der Waals surface area contributed by atoms with Gasteiger partial charge in [0.2, 0.25) is 10.0 Å². The van der Waals surface area contributed by atoms with Crippen LogP contribution in [0.1, 0.15) is 21.5 Å². The molecule has 3 rings (SSSR count). The molecule has 2 N–H and O–H groups in total. The van der Waals surface area contributed by atoms with Crippen molar-refractivity contribution < 1.29 is 17.6 Å². The summed E-state index contributed by atoms with van der Waals surface area (Å²) in [6.45, 7) is 1.98. The Morgan fingerprint density at radius 1 is 1.00 bits per heavy atom. The molecular weight excluding hydrogens is 450 g/mol. The molecule has 0 saturated heterocycles. The van der Waals surface area contributed by atoms with Crippen LogP contribution in [0.4, 0.5) is 10.1 Å². The van der Waals surface area contributed by atoms with E-state index in [1.54, 1.807) is 12.1 Å². The van der Waals surface area contributed by atoms with Gasteiger partial charge in [0, 0.05) is 11.6 Å². The topological polar surface area (TPSA) is 75.3 Å². The number of benzene rings is 3. The van der Waals surface area contributed by atoms with Crippen molar-refractivity contribution in [3.05, 3.63) is 93.2 Å². The molecule has 0 radical (unpaired) electrons. The maximum Gasteiger partial charge on any atom is 0.258 e. The summed E-state index contributed by atoms with van der Waals surface area (Å²) in [5.74, 6) is -1.73. The minimum atomic E-state index is -3.97.